The number of carboxylic acids is 1. The fourth-order valence-electron chi connectivity index (χ4n) is 1.95. The van der Waals surface area contributed by atoms with Crippen LogP contribution in [0, 0.1) is 6.92 Å². The molecule has 0 spiro atoms. The second-order valence-corrected chi connectivity index (χ2v) is 6.01. The molecule has 7 heteroatoms. The minimum Gasteiger partial charge on any atom is -0.545 e. The summed E-state index contributed by atoms with van der Waals surface area (Å²) in [4.78, 5) is 23.1. The zero-order valence-electron chi connectivity index (χ0n) is 12.1. The summed E-state index contributed by atoms with van der Waals surface area (Å²) in [5.74, 6) is -1.63. The molecule has 118 valence electrons. The number of amides is 1. The summed E-state index contributed by atoms with van der Waals surface area (Å²) in [6.45, 7) is 1.63. The number of rotatable bonds is 3. The molecule has 0 saturated heterocycles. The summed E-state index contributed by atoms with van der Waals surface area (Å²) in [5.41, 5.74) is 1.48. The van der Waals surface area contributed by atoms with Crippen LogP contribution in [0.3, 0.4) is 0 Å². The molecule has 2 aromatic rings. The summed E-state index contributed by atoms with van der Waals surface area (Å²) in [7, 11) is 0. The van der Waals surface area contributed by atoms with Crippen molar-refractivity contribution in [2.24, 2.45) is 0 Å². The molecular formula is C16H12BrN2O3S-. The molecule has 1 amide bonds. The van der Waals surface area contributed by atoms with Gasteiger partial charge in [-0.2, -0.15) is 0 Å². The van der Waals surface area contributed by atoms with E-state index in [2.05, 4.69) is 26.6 Å². The molecule has 0 saturated carbocycles. The molecule has 2 N–H and O–H groups in total. The van der Waals surface area contributed by atoms with Crippen LogP contribution in [0.4, 0.5) is 5.69 Å². The van der Waals surface area contributed by atoms with Crippen LogP contribution >= 0.6 is 28.1 Å². The number of hydrogen-bond donors (Lipinski definition) is 2. The average molecular weight is 392 g/mol. The van der Waals surface area contributed by atoms with Crippen molar-refractivity contribution in [3.8, 4) is 0 Å². The van der Waals surface area contributed by atoms with E-state index in [1.54, 1.807) is 37.3 Å². The summed E-state index contributed by atoms with van der Waals surface area (Å²) >= 11 is 8.39. The molecule has 23 heavy (non-hydrogen) atoms. The van der Waals surface area contributed by atoms with Gasteiger partial charge in [-0.3, -0.25) is 10.1 Å². The molecule has 5 nitrogen and oxygen atoms in total. The average Bonchev–Trinajstić information content (AvgIpc) is 2.49. The summed E-state index contributed by atoms with van der Waals surface area (Å²) < 4.78 is 0.779. The Kier molecular flexibility index (Phi) is 5.46. The predicted molar refractivity (Wildman–Crippen MR) is 93.3 cm³/mol. The number of nitrogens with one attached hydrogen (secondary N) is 2. The van der Waals surface area contributed by atoms with E-state index in [4.69, 9.17) is 12.2 Å². The minimum absolute atomic E-state index is 0.0658. The molecule has 0 radical (unpaired) electrons. The van der Waals surface area contributed by atoms with Crippen molar-refractivity contribution in [3.05, 3.63) is 63.6 Å². The third-order valence-corrected chi connectivity index (χ3v) is 3.81. The number of halogens is 1. The molecule has 0 aliphatic carbocycles. The number of thiocarbonyl (C=S) groups is 1. The second-order valence-electron chi connectivity index (χ2n) is 4.68. The number of carbonyl (C=O) groups excluding carboxylic acids is 2. The van der Waals surface area contributed by atoms with E-state index in [0.717, 1.165) is 4.47 Å². The molecule has 0 unspecified atom stereocenters. The van der Waals surface area contributed by atoms with Crippen LogP contribution < -0.4 is 15.7 Å². The van der Waals surface area contributed by atoms with Crippen LogP contribution in [0.15, 0.2) is 46.9 Å². The van der Waals surface area contributed by atoms with E-state index in [1.807, 2.05) is 6.07 Å². The molecule has 0 heterocycles. The Bertz CT molecular complexity index is 793. The first-order chi connectivity index (χ1) is 10.9. The Morgan fingerprint density at radius 3 is 2.52 bits per heavy atom. The molecule has 0 bridgehead atoms. The van der Waals surface area contributed by atoms with Gasteiger partial charge in [0.05, 0.1) is 5.97 Å². The summed E-state index contributed by atoms with van der Waals surface area (Å²) in [6, 6.07) is 11.5. The van der Waals surface area contributed by atoms with Crippen LogP contribution in [0.5, 0.6) is 0 Å². The Balaban J connectivity index is 2.10. The largest absolute Gasteiger partial charge is 0.545 e. The van der Waals surface area contributed by atoms with E-state index in [1.165, 1.54) is 6.07 Å². The van der Waals surface area contributed by atoms with E-state index in [0.29, 0.717) is 16.8 Å². The normalized spacial score (nSPS) is 10.0. The lowest BCUT2D eigenvalue weighted by Gasteiger charge is -2.15. The monoisotopic (exact) mass is 391 g/mol. The van der Waals surface area contributed by atoms with Crippen LogP contribution in [0.2, 0.25) is 0 Å². The van der Waals surface area contributed by atoms with Gasteiger partial charge in [-0.05, 0) is 49.0 Å². The molecule has 0 atom stereocenters. The van der Waals surface area contributed by atoms with Crippen molar-refractivity contribution < 1.29 is 14.7 Å². The molecule has 0 aliphatic rings. The van der Waals surface area contributed by atoms with Crippen molar-refractivity contribution in [1.82, 2.24) is 5.32 Å². The molecule has 2 aromatic carbocycles. The quantitative estimate of drug-likeness (QED) is 0.784. The van der Waals surface area contributed by atoms with Gasteiger partial charge in [0.2, 0.25) is 0 Å². The Hall–Kier alpha value is -2.25. The number of hydrogen-bond acceptors (Lipinski definition) is 4. The maximum absolute atomic E-state index is 12.1. The smallest absolute Gasteiger partial charge is 0.257 e. The number of aromatic carboxylic acids is 1. The highest BCUT2D eigenvalue weighted by Gasteiger charge is 2.10. The first-order valence-electron chi connectivity index (χ1n) is 6.57. The number of anilines is 1. The maximum Gasteiger partial charge on any atom is 0.257 e. The lowest BCUT2D eigenvalue weighted by Crippen LogP contribution is -2.34. The van der Waals surface area contributed by atoms with Crippen molar-refractivity contribution in [2.45, 2.75) is 6.92 Å². The zero-order valence-corrected chi connectivity index (χ0v) is 14.5. The van der Waals surface area contributed by atoms with E-state index >= 15 is 0 Å². The maximum atomic E-state index is 12.1. The van der Waals surface area contributed by atoms with Crippen LogP contribution in [0.25, 0.3) is 0 Å². The van der Waals surface area contributed by atoms with Crippen LogP contribution in [-0.2, 0) is 0 Å². The highest BCUT2D eigenvalue weighted by atomic mass is 79.9. The molecule has 0 aromatic heterocycles. The van der Waals surface area contributed by atoms with Gasteiger partial charge >= 0.3 is 0 Å². The fraction of sp³-hybridized carbons (Fsp3) is 0.0625. The van der Waals surface area contributed by atoms with Crippen molar-refractivity contribution in [3.63, 3.8) is 0 Å². The van der Waals surface area contributed by atoms with Crippen molar-refractivity contribution >= 4 is 50.8 Å². The number of benzene rings is 2. The molecule has 2 rings (SSSR count). The highest BCUT2D eigenvalue weighted by Crippen LogP contribution is 2.18. The Labute approximate surface area is 146 Å². The summed E-state index contributed by atoms with van der Waals surface area (Å²) in [6.07, 6.45) is 0. The topological polar surface area (TPSA) is 81.3 Å². The van der Waals surface area contributed by atoms with Gasteiger partial charge in [0.25, 0.3) is 5.91 Å². The van der Waals surface area contributed by atoms with Crippen molar-refractivity contribution in [1.29, 1.82) is 0 Å². The Morgan fingerprint density at radius 1 is 1.17 bits per heavy atom. The number of carboxylic acid groups (broad SMARTS) is 1. The van der Waals surface area contributed by atoms with E-state index < -0.39 is 5.97 Å². The standard InChI is InChI=1S/C16H13BrN2O3S/c1-9-12(15(21)22)6-3-7-13(9)18-16(23)19-14(20)10-4-2-5-11(17)8-10/h2-8H,1H3,(H,21,22)(H2,18,19,20,23)/p-1. The number of carbonyl (C=O) groups is 2. The fourth-order valence-corrected chi connectivity index (χ4v) is 2.55. The van der Waals surface area contributed by atoms with Gasteiger partial charge in [0, 0.05) is 21.3 Å². The minimum atomic E-state index is -1.27. The molecule has 0 fully saturated rings. The summed E-state index contributed by atoms with van der Waals surface area (Å²) in [5, 5.41) is 16.4. The Morgan fingerprint density at radius 2 is 1.87 bits per heavy atom. The van der Waals surface area contributed by atoms with Gasteiger partial charge in [-0.15, -0.1) is 0 Å². The first-order valence-corrected chi connectivity index (χ1v) is 7.77. The van der Waals surface area contributed by atoms with Crippen molar-refractivity contribution in [2.75, 3.05) is 5.32 Å². The van der Waals surface area contributed by atoms with E-state index in [9.17, 15) is 14.7 Å². The molecule has 0 aliphatic heterocycles. The SMILES string of the molecule is Cc1c(NC(=S)NC(=O)c2cccc(Br)c2)cccc1C(=O)[O-]. The van der Waals surface area contributed by atoms with E-state index in [-0.39, 0.29) is 16.6 Å². The van der Waals surface area contributed by atoms with Gasteiger partial charge in [-0.1, -0.05) is 34.1 Å². The van der Waals surface area contributed by atoms with Gasteiger partial charge in [-0.25, -0.2) is 0 Å². The zero-order chi connectivity index (χ0) is 17.0. The third-order valence-electron chi connectivity index (χ3n) is 3.12. The lowest BCUT2D eigenvalue weighted by atomic mass is 10.1. The first kappa shape index (κ1) is 17.1. The van der Waals surface area contributed by atoms with Crippen LogP contribution in [-0.4, -0.2) is 17.0 Å². The van der Waals surface area contributed by atoms with Gasteiger partial charge in [0.1, 0.15) is 0 Å². The van der Waals surface area contributed by atoms with Gasteiger partial charge < -0.3 is 15.2 Å². The third kappa shape index (κ3) is 4.37. The second kappa shape index (κ2) is 7.34. The molecular weight excluding hydrogens is 380 g/mol. The predicted octanol–water partition coefficient (Wildman–Crippen LogP) is 2.25. The van der Waals surface area contributed by atoms with Crippen LogP contribution in [0.1, 0.15) is 26.3 Å². The van der Waals surface area contributed by atoms with Gasteiger partial charge in [0.15, 0.2) is 5.11 Å². The highest BCUT2D eigenvalue weighted by molar-refractivity contribution is 9.10. The lowest BCUT2D eigenvalue weighted by molar-refractivity contribution is -0.255.